The molecule has 28 heavy (non-hydrogen) atoms. The molecule has 0 saturated carbocycles. The topological polar surface area (TPSA) is 80.6 Å². The molecule has 0 bridgehead atoms. The van der Waals surface area contributed by atoms with E-state index in [9.17, 15) is 14.4 Å². The van der Waals surface area contributed by atoms with Gasteiger partial charge in [0.25, 0.3) is 5.91 Å². The van der Waals surface area contributed by atoms with E-state index in [1.165, 1.54) is 7.11 Å². The highest BCUT2D eigenvalue weighted by Gasteiger charge is 2.35. The lowest BCUT2D eigenvalue weighted by Gasteiger charge is -2.12. The third-order valence-electron chi connectivity index (χ3n) is 4.40. The van der Waals surface area contributed by atoms with Gasteiger partial charge in [0.2, 0.25) is 0 Å². The number of hydrogen-bond donors (Lipinski definition) is 1. The number of methoxy groups -OCH3 is 1. The highest BCUT2D eigenvalue weighted by molar-refractivity contribution is 6.35. The lowest BCUT2D eigenvalue weighted by atomic mass is 10.2. The van der Waals surface area contributed by atoms with Crippen LogP contribution in [-0.2, 0) is 14.3 Å². The summed E-state index contributed by atoms with van der Waals surface area (Å²) in [5.74, 6) is -1.27. The van der Waals surface area contributed by atoms with Crippen LogP contribution in [0.5, 0.6) is 0 Å². The molecule has 0 atom stereocenters. The number of nitrogens with zero attached hydrogens (tertiary/aromatic N) is 2. The van der Waals surface area contributed by atoms with Crippen molar-refractivity contribution in [3.8, 4) is 5.69 Å². The molecule has 1 aromatic carbocycles. The summed E-state index contributed by atoms with van der Waals surface area (Å²) < 4.78 is 6.44. The highest BCUT2D eigenvalue weighted by atomic mass is 35.5. The first-order valence-corrected chi connectivity index (χ1v) is 9.04. The molecule has 1 fully saturated rings. The summed E-state index contributed by atoms with van der Waals surface area (Å²) in [6.45, 7) is 3.33. The van der Waals surface area contributed by atoms with Crippen LogP contribution >= 0.6 is 23.2 Å². The Morgan fingerprint density at radius 1 is 1.21 bits per heavy atom. The van der Waals surface area contributed by atoms with Crippen LogP contribution in [0.25, 0.3) is 11.8 Å². The Kier molecular flexibility index (Phi) is 5.49. The van der Waals surface area contributed by atoms with Crippen molar-refractivity contribution in [3.63, 3.8) is 0 Å². The van der Waals surface area contributed by atoms with E-state index in [1.807, 2.05) is 30.5 Å². The van der Waals surface area contributed by atoms with E-state index in [1.54, 1.807) is 18.2 Å². The Labute approximate surface area is 171 Å². The van der Waals surface area contributed by atoms with Crippen molar-refractivity contribution in [3.05, 3.63) is 57.0 Å². The number of nitrogens with one attached hydrogen (secondary N) is 1. The molecule has 0 radical (unpaired) electrons. The number of imide groups is 1. The van der Waals surface area contributed by atoms with Gasteiger partial charge in [-0.15, -0.1) is 0 Å². The second-order valence-electron chi connectivity index (χ2n) is 6.21. The van der Waals surface area contributed by atoms with Crippen molar-refractivity contribution in [1.29, 1.82) is 0 Å². The van der Waals surface area contributed by atoms with Gasteiger partial charge in [0.1, 0.15) is 12.2 Å². The zero-order chi connectivity index (χ0) is 20.6. The smallest absolute Gasteiger partial charge is 0.329 e. The third kappa shape index (κ3) is 3.63. The molecule has 1 aromatic heterocycles. The molecule has 0 aliphatic carbocycles. The molecule has 9 heteroatoms. The van der Waals surface area contributed by atoms with Gasteiger partial charge in [-0.25, -0.2) is 9.69 Å². The predicted molar refractivity (Wildman–Crippen MR) is 106 cm³/mol. The van der Waals surface area contributed by atoms with Gasteiger partial charge in [-0.2, -0.15) is 0 Å². The average Bonchev–Trinajstić information content (AvgIpc) is 3.05. The van der Waals surface area contributed by atoms with Crippen LogP contribution in [0, 0.1) is 13.8 Å². The van der Waals surface area contributed by atoms with Crippen molar-refractivity contribution in [2.24, 2.45) is 0 Å². The summed E-state index contributed by atoms with van der Waals surface area (Å²) in [7, 11) is 1.19. The van der Waals surface area contributed by atoms with Gasteiger partial charge >= 0.3 is 12.0 Å². The summed E-state index contributed by atoms with van der Waals surface area (Å²) in [6.07, 6.45) is 1.57. The fourth-order valence-electron chi connectivity index (χ4n) is 3.03. The monoisotopic (exact) mass is 421 g/mol. The first-order valence-electron chi connectivity index (χ1n) is 8.28. The first-order chi connectivity index (χ1) is 13.2. The van der Waals surface area contributed by atoms with Crippen LogP contribution < -0.4 is 5.32 Å². The number of ether oxygens (including phenoxy) is 1. The molecule has 2 heterocycles. The van der Waals surface area contributed by atoms with Crippen molar-refractivity contribution in [2.45, 2.75) is 13.8 Å². The second kappa shape index (κ2) is 7.69. The minimum absolute atomic E-state index is 0.0800. The molecule has 3 rings (SSSR count). The summed E-state index contributed by atoms with van der Waals surface area (Å²) >= 11 is 12.3. The largest absolute Gasteiger partial charge is 0.468 e. The van der Waals surface area contributed by atoms with Crippen LogP contribution in [-0.4, -0.2) is 41.0 Å². The SMILES string of the molecule is COC(=O)CN1C(=O)N/C(=C/c2cc(C)n(-c3ccc(Cl)cc3Cl)c2C)C1=O. The average molecular weight is 422 g/mol. The summed E-state index contributed by atoms with van der Waals surface area (Å²) in [4.78, 5) is 36.7. The number of benzene rings is 1. The number of urea groups is 1. The van der Waals surface area contributed by atoms with E-state index in [-0.39, 0.29) is 5.70 Å². The van der Waals surface area contributed by atoms with Gasteiger partial charge < -0.3 is 14.6 Å². The van der Waals surface area contributed by atoms with Gasteiger partial charge in [0.05, 0.1) is 17.8 Å². The maximum absolute atomic E-state index is 12.5. The number of rotatable bonds is 4. The van der Waals surface area contributed by atoms with Gasteiger partial charge in [-0.05, 0) is 49.8 Å². The number of amides is 3. The zero-order valence-corrected chi connectivity index (χ0v) is 16.9. The molecule has 2 aromatic rings. The van der Waals surface area contributed by atoms with Crippen molar-refractivity contribution >= 4 is 47.2 Å². The van der Waals surface area contributed by atoms with Crippen molar-refractivity contribution < 1.29 is 19.1 Å². The minimum Gasteiger partial charge on any atom is -0.468 e. The molecular weight excluding hydrogens is 405 g/mol. The van der Waals surface area contributed by atoms with Gasteiger partial charge in [0, 0.05) is 16.4 Å². The molecule has 3 amide bonds. The van der Waals surface area contributed by atoms with Crippen LogP contribution in [0.4, 0.5) is 4.79 Å². The van der Waals surface area contributed by atoms with E-state index < -0.39 is 24.5 Å². The zero-order valence-electron chi connectivity index (χ0n) is 15.4. The van der Waals surface area contributed by atoms with Crippen LogP contribution in [0.3, 0.4) is 0 Å². The fraction of sp³-hybridized carbons (Fsp3) is 0.211. The Bertz CT molecular complexity index is 1030. The highest BCUT2D eigenvalue weighted by Crippen LogP contribution is 2.29. The summed E-state index contributed by atoms with van der Waals surface area (Å²) in [5.41, 5.74) is 3.27. The number of hydrogen-bond acceptors (Lipinski definition) is 4. The normalized spacial score (nSPS) is 15.3. The molecule has 0 unspecified atom stereocenters. The number of esters is 1. The van der Waals surface area contributed by atoms with Crippen molar-refractivity contribution in [1.82, 2.24) is 14.8 Å². The number of aryl methyl sites for hydroxylation is 1. The number of aromatic nitrogens is 1. The molecule has 0 spiro atoms. The van der Waals surface area contributed by atoms with E-state index in [0.29, 0.717) is 10.0 Å². The van der Waals surface area contributed by atoms with Gasteiger partial charge in [0.15, 0.2) is 0 Å². The second-order valence-corrected chi connectivity index (χ2v) is 7.06. The quantitative estimate of drug-likeness (QED) is 0.465. The molecule has 1 saturated heterocycles. The Morgan fingerprint density at radius 3 is 2.57 bits per heavy atom. The van der Waals surface area contributed by atoms with Gasteiger partial charge in [-0.1, -0.05) is 23.2 Å². The Balaban J connectivity index is 1.97. The molecule has 1 aliphatic rings. The number of carbonyl (C=O) groups excluding carboxylic acids is 3. The van der Waals surface area contributed by atoms with Crippen molar-refractivity contribution in [2.75, 3.05) is 13.7 Å². The van der Waals surface area contributed by atoms with E-state index >= 15 is 0 Å². The molecule has 1 aliphatic heterocycles. The lowest BCUT2D eigenvalue weighted by Crippen LogP contribution is -2.36. The fourth-order valence-corrected chi connectivity index (χ4v) is 3.52. The van der Waals surface area contributed by atoms with Gasteiger partial charge in [-0.3, -0.25) is 9.59 Å². The summed E-state index contributed by atoms with van der Waals surface area (Å²) in [5, 5.41) is 3.50. The number of carbonyl (C=O) groups is 3. The van der Waals surface area contributed by atoms with Crippen LogP contribution in [0.15, 0.2) is 30.0 Å². The molecule has 7 nitrogen and oxygen atoms in total. The maximum Gasteiger partial charge on any atom is 0.329 e. The third-order valence-corrected chi connectivity index (χ3v) is 4.94. The standard InChI is InChI=1S/C19H17Cl2N3O4/c1-10-6-12(11(2)24(10)16-5-4-13(20)8-14(16)21)7-15-18(26)23(19(27)22-15)9-17(25)28-3/h4-8H,9H2,1-3H3,(H,22,27)/b15-7+. The molecular formula is C19H17Cl2N3O4. The summed E-state index contributed by atoms with van der Waals surface area (Å²) in [6, 6.07) is 6.40. The van der Waals surface area contributed by atoms with E-state index in [0.717, 1.165) is 27.5 Å². The van der Waals surface area contributed by atoms with E-state index in [4.69, 9.17) is 23.2 Å². The predicted octanol–water partition coefficient (Wildman–Crippen LogP) is 3.47. The minimum atomic E-state index is -0.680. The molecule has 146 valence electrons. The Morgan fingerprint density at radius 2 is 1.93 bits per heavy atom. The van der Waals surface area contributed by atoms with Crippen LogP contribution in [0.1, 0.15) is 17.0 Å². The van der Waals surface area contributed by atoms with Crippen LogP contribution in [0.2, 0.25) is 10.0 Å². The first kappa shape index (κ1) is 20.0. The molecule has 1 N–H and O–H groups in total. The number of halogens is 2. The maximum atomic E-state index is 12.5. The Hall–Kier alpha value is -2.77. The lowest BCUT2D eigenvalue weighted by molar-refractivity contribution is -0.143. The van der Waals surface area contributed by atoms with E-state index in [2.05, 4.69) is 10.1 Å².